The van der Waals surface area contributed by atoms with Crippen molar-refractivity contribution in [3.05, 3.63) is 157 Å². The molecular formula is C43H34N2. The molecule has 0 bridgehead atoms. The van der Waals surface area contributed by atoms with E-state index in [2.05, 4.69) is 158 Å². The molecule has 0 amide bonds. The van der Waals surface area contributed by atoms with Crippen LogP contribution in [0.3, 0.4) is 0 Å². The van der Waals surface area contributed by atoms with E-state index in [0.717, 1.165) is 12.1 Å². The van der Waals surface area contributed by atoms with Crippen LogP contribution in [0.1, 0.15) is 18.1 Å². The van der Waals surface area contributed by atoms with Crippen LogP contribution in [-0.2, 0) is 0 Å². The largest absolute Gasteiger partial charge is 0.376 e. The molecule has 2 heterocycles. The molecule has 0 saturated carbocycles. The van der Waals surface area contributed by atoms with Gasteiger partial charge in [0, 0.05) is 37.7 Å². The first-order valence-corrected chi connectivity index (χ1v) is 15.6. The highest BCUT2D eigenvalue weighted by molar-refractivity contribution is 6.24. The Balaban J connectivity index is 1.37. The summed E-state index contributed by atoms with van der Waals surface area (Å²) in [6.45, 7) is 5.27. The number of hydrogen-bond donors (Lipinski definition) is 0. The highest BCUT2D eigenvalue weighted by Crippen LogP contribution is 2.46. The van der Waals surface area contributed by atoms with Gasteiger partial charge >= 0.3 is 0 Å². The van der Waals surface area contributed by atoms with E-state index >= 15 is 0 Å². The quantitative estimate of drug-likeness (QED) is 0.193. The molecule has 45 heavy (non-hydrogen) atoms. The number of pyridine rings is 1. The van der Waals surface area contributed by atoms with E-state index in [1.54, 1.807) is 0 Å². The number of nitrogens with zero attached hydrogens (tertiary/aromatic N) is 2. The van der Waals surface area contributed by atoms with Gasteiger partial charge in [-0.1, -0.05) is 121 Å². The number of likely N-dealkylation sites (N-methyl/N-ethyl adjacent to an activating group) is 1. The smallest absolute Gasteiger partial charge is 0.0381 e. The van der Waals surface area contributed by atoms with Crippen LogP contribution in [0, 0.1) is 6.92 Å². The van der Waals surface area contributed by atoms with Crippen LogP contribution in [0.2, 0.25) is 0 Å². The van der Waals surface area contributed by atoms with Gasteiger partial charge in [-0.2, -0.15) is 0 Å². The molecule has 0 spiro atoms. The molecule has 0 aliphatic carbocycles. The van der Waals surface area contributed by atoms with Gasteiger partial charge in [0.25, 0.3) is 0 Å². The van der Waals surface area contributed by atoms with Crippen LogP contribution in [0.15, 0.2) is 146 Å². The fraction of sp³-hybridized carbons (Fsp3) is 0.0930. The summed E-state index contributed by atoms with van der Waals surface area (Å²) in [4.78, 5) is 6.69. The van der Waals surface area contributed by atoms with Gasteiger partial charge in [0.15, 0.2) is 0 Å². The van der Waals surface area contributed by atoms with E-state index in [9.17, 15) is 0 Å². The standard InChI is InChI=1S/C43H34N2/c1-28-22-32(25-44-24-28)30-16-18-31(19-17-30)42-37-12-6-8-14-39(37)43(40-15-9-7-13-38(40)42)41-21-20-34(35-10-4-5-11-36(35)41)33-23-29(2)26-45(3)27-33/h4-25,27H,26H2,1-3H3. The van der Waals surface area contributed by atoms with Gasteiger partial charge < -0.3 is 4.90 Å². The molecule has 1 aliphatic rings. The summed E-state index contributed by atoms with van der Waals surface area (Å²) in [5, 5.41) is 7.61. The topological polar surface area (TPSA) is 16.1 Å². The molecule has 0 N–H and O–H groups in total. The first-order valence-electron chi connectivity index (χ1n) is 15.6. The summed E-state index contributed by atoms with van der Waals surface area (Å²) in [7, 11) is 2.15. The van der Waals surface area contributed by atoms with E-state index in [-0.39, 0.29) is 0 Å². The lowest BCUT2D eigenvalue weighted by Gasteiger charge is -2.23. The number of aromatic nitrogens is 1. The Morgan fingerprint density at radius 3 is 1.67 bits per heavy atom. The summed E-state index contributed by atoms with van der Waals surface area (Å²) < 4.78 is 0. The maximum atomic E-state index is 4.41. The summed E-state index contributed by atoms with van der Waals surface area (Å²) in [6.07, 6.45) is 8.45. The van der Waals surface area contributed by atoms with Gasteiger partial charge in [0.1, 0.15) is 0 Å². The number of aryl methyl sites for hydroxylation is 1. The SMILES string of the molecule is CC1=CC(c2ccc(-c3c4ccccc4c(-c4ccc(-c5cncc(C)c5)cc4)c4ccccc34)c3ccccc23)=CN(C)C1. The van der Waals surface area contributed by atoms with E-state index in [0.29, 0.717) is 0 Å². The van der Waals surface area contributed by atoms with Gasteiger partial charge in [-0.25, -0.2) is 0 Å². The summed E-state index contributed by atoms with van der Waals surface area (Å²) in [5.41, 5.74) is 12.4. The molecule has 1 aliphatic heterocycles. The zero-order valence-electron chi connectivity index (χ0n) is 25.9. The Kier molecular flexibility index (Phi) is 6.57. The van der Waals surface area contributed by atoms with Crippen molar-refractivity contribution in [2.45, 2.75) is 13.8 Å². The van der Waals surface area contributed by atoms with E-state index in [1.807, 2.05) is 12.4 Å². The van der Waals surface area contributed by atoms with Gasteiger partial charge in [0.2, 0.25) is 0 Å². The molecule has 6 aromatic carbocycles. The van der Waals surface area contributed by atoms with Crippen LogP contribution in [0.25, 0.3) is 71.3 Å². The molecule has 7 aromatic rings. The number of fused-ring (bicyclic) bond motifs is 3. The van der Waals surface area contributed by atoms with Crippen molar-refractivity contribution >= 4 is 37.9 Å². The second-order valence-electron chi connectivity index (χ2n) is 12.4. The summed E-state index contributed by atoms with van der Waals surface area (Å²) >= 11 is 0. The van der Waals surface area contributed by atoms with Crippen LogP contribution >= 0.6 is 0 Å². The van der Waals surface area contributed by atoms with Crippen LogP contribution in [0.4, 0.5) is 0 Å². The minimum atomic E-state index is 0.968. The van der Waals surface area contributed by atoms with Crippen molar-refractivity contribution < 1.29 is 0 Å². The van der Waals surface area contributed by atoms with E-state index < -0.39 is 0 Å². The normalized spacial score (nSPS) is 13.4. The molecule has 1 aromatic heterocycles. The zero-order chi connectivity index (χ0) is 30.5. The highest BCUT2D eigenvalue weighted by atomic mass is 15.1. The third-order valence-corrected chi connectivity index (χ3v) is 9.08. The Morgan fingerprint density at radius 1 is 0.533 bits per heavy atom. The number of benzene rings is 6. The summed E-state index contributed by atoms with van der Waals surface area (Å²) in [5.74, 6) is 0. The molecule has 2 heteroatoms. The van der Waals surface area contributed by atoms with Crippen molar-refractivity contribution in [3.63, 3.8) is 0 Å². The maximum absolute atomic E-state index is 4.41. The molecule has 2 nitrogen and oxygen atoms in total. The Hall–Kier alpha value is -5.47. The average Bonchev–Trinajstić information content (AvgIpc) is 3.06. The Morgan fingerprint density at radius 2 is 1.07 bits per heavy atom. The van der Waals surface area contributed by atoms with Crippen molar-refractivity contribution in [2.24, 2.45) is 0 Å². The van der Waals surface area contributed by atoms with E-state index in [1.165, 1.54) is 82.4 Å². The number of allylic oxidation sites excluding steroid dienone is 2. The first kappa shape index (κ1) is 27.1. The lowest BCUT2D eigenvalue weighted by molar-refractivity contribution is 0.493. The lowest BCUT2D eigenvalue weighted by Crippen LogP contribution is -2.17. The predicted octanol–water partition coefficient (Wildman–Crippen LogP) is 11.1. The predicted molar refractivity (Wildman–Crippen MR) is 192 cm³/mol. The van der Waals surface area contributed by atoms with Crippen molar-refractivity contribution in [3.8, 4) is 33.4 Å². The van der Waals surface area contributed by atoms with E-state index in [4.69, 9.17) is 0 Å². The van der Waals surface area contributed by atoms with Gasteiger partial charge in [-0.3, -0.25) is 4.98 Å². The maximum Gasteiger partial charge on any atom is 0.0381 e. The van der Waals surface area contributed by atoms with Crippen LogP contribution < -0.4 is 0 Å². The molecule has 0 atom stereocenters. The second-order valence-corrected chi connectivity index (χ2v) is 12.4. The third kappa shape index (κ3) is 4.71. The third-order valence-electron chi connectivity index (χ3n) is 9.08. The molecule has 0 radical (unpaired) electrons. The van der Waals surface area contributed by atoms with Crippen molar-refractivity contribution in [2.75, 3.05) is 13.6 Å². The second kappa shape index (κ2) is 10.9. The fourth-order valence-electron chi connectivity index (χ4n) is 7.21. The minimum Gasteiger partial charge on any atom is -0.376 e. The Bertz CT molecular complexity index is 2270. The molecule has 216 valence electrons. The molecule has 0 fully saturated rings. The van der Waals surface area contributed by atoms with Crippen molar-refractivity contribution in [1.29, 1.82) is 0 Å². The molecular weight excluding hydrogens is 544 g/mol. The molecule has 8 rings (SSSR count). The van der Waals surface area contributed by atoms with Gasteiger partial charge in [-0.05, 0) is 96.7 Å². The fourth-order valence-corrected chi connectivity index (χ4v) is 7.21. The highest BCUT2D eigenvalue weighted by Gasteiger charge is 2.19. The summed E-state index contributed by atoms with van der Waals surface area (Å²) in [6, 6.07) is 42.6. The number of hydrogen-bond acceptors (Lipinski definition) is 2. The Labute approximate surface area is 264 Å². The monoisotopic (exact) mass is 578 g/mol. The van der Waals surface area contributed by atoms with Crippen molar-refractivity contribution in [1.82, 2.24) is 9.88 Å². The molecule has 0 unspecified atom stereocenters. The number of rotatable bonds is 4. The van der Waals surface area contributed by atoms with Gasteiger partial charge in [-0.15, -0.1) is 0 Å². The molecule has 0 saturated heterocycles. The van der Waals surface area contributed by atoms with Gasteiger partial charge in [0.05, 0.1) is 0 Å². The van der Waals surface area contributed by atoms with Crippen LogP contribution in [-0.4, -0.2) is 23.5 Å². The van der Waals surface area contributed by atoms with Crippen LogP contribution in [0.5, 0.6) is 0 Å². The average molecular weight is 579 g/mol. The zero-order valence-corrected chi connectivity index (χ0v) is 25.9. The lowest BCUT2D eigenvalue weighted by atomic mass is 9.83. The first-order chi connectivity index (χ1) is 22.0. The minimum absolute atomic E-state index is 0.968.